The van der Waals surface area contributed by atoms with E-state index >= 15 is 0 Å². The molecule has 0 heterocycles. The fourth-order valence-electron chi connectivity index (χ4n) is 3.95. The first kappa shape index (κ1) is 12.2. The number of hydrogen-bond acceptors (Lipinski definition) is 2. The van der Waals surface area contributed by atoms with Gasteiger partial charge in [-0.15, -0.1) is 11.6 Å². The molecular formula is C13H21ClO2. The van der Waals surface area contributed by atoms with Crippen LogP contribution in [0.5, 0.6) is 0 Å². The first-order valence-corrected chi connectivity index (χ1v) is 6.61. The third kappa shape index (κ3) is 1.57. The molecule has 2 rings (SSSR count). The fraction of sp³-hybridized carbons (Fsp3) is 0.923. The van der Waals surface area contributed by atoms with Crippen molar-refractivity contribution >= 4 is 17.6 Å². The van der Waals surface area contributed by atoms with Crippen molar-refractivity contribution in [2.45, 2.75) is 51.8 Å². The molecule has 0 amide bonds. The molecule has 0 spiro atoms. The Kier molecular flexibility index (Phi) is 2.98. The molecule has 0 aromatic rings. The number of carbonyl (C=O) groups excluding carboxylic acids is 1. The highest BCUT2D eigenvalue weighted by atomic mass is 35.5. The Labute approximate surface area is 103 Å². The lowest BCUT2D eigenvalue weighted by Crippen LogP contribution is -2.37. The monoisotopic (exact) mass is 244 g/mol. The molecule has 2 bridgehead atoms. The number of carbonyl (C=O) groups is 1. The number of rotatable bonds is 3. The van der Waals surface area contributed by atoms with Crippen LogP contribution in [0.3, 0.4) is 0 Å². The Bertz CT molecular complexity index is 300. The SMILES string of the molecule is CC(=O)OCCC12CCC(CC1Cl)C2(C)C. The lowest BCUT2D eigenvalue weighted by atomic mass is 9.67. The quantitative estimate of drug-likeness (QED) is 0.562. The summed E-state index contributed by atoms with van der Waals surface area (Å²) < 4.78 is 5.09. The molecule has 3 unspecified atom stereocenters. The van der Waals surface area contributed by atoms with Crippen LogP contribution >= 0.6 is 11.6 Å². The highest BCUT2D eigenvalue weighted by Crippen LogP contribution is 2.68. The van der Waals surface area contributed by atoms with Crippen molar-refractivity contribution < 1.29 is 9.53 Å². The molecule has 16 heavy (non-hydrogen) atoms. The number of hydrogen-bond donors (Lipinski definition) is 0. The standard InChI is InChI=1S/C13H21ClO2/c1-9(15)16-7-6-13-5-4-10(8-11(13)14)12(13,2)3/h10-11H,4-8H2,1-3H3. The maximum absolute atomic E-state index is 10.8. The minimum Gasteiger partial charge on any atom is -0.466 e. The van der Waals surface area contributed by atoms with Gasteiger partial charge in [0.15, 0.2) is 0 Å². The van der Waals surface area contributed by atoms with Crippen LogP contribution in [0.1, 0.15) is 46.5 Å². The highest BCUT2D eigenvalue weighted by molar-refractivity contribution is 6.21. The highest BCUT2D eigenvalue weighted by Gasteiger charge is 2.63. The van der Waals surface area contributed by atoms with Gasteiger partial charge in [0.25, 0.3) is 0 Å². The summed E-state index contributed by atoms with van der Waals surface area (Å²) in [7, 11) is 0. The number of halogens is 1. The van der Waals surface area contributed by atoms with Gasteiger partial charge in [0.2, 0.25) is 0 Å². The van der Waals surface area contributed by atoms with E-state index < -0.39 is 0 Å². The van der Waals surface area contributed by atoms with Gasteiger partial charge in [-0.1, -0.05) is 13.8 Å². The first-order valence-electron chi connectivity index (χ1n) is 6.17. The van der Waals surface area contributed by atoms with E-state index in [0.717, 1.165) is 18.8 Å². The number of alkyl halides is 1. The third-order valence-corrected chi connectivity index (χ3v) is 5.78. The van der Waals surface area contributed by atoms with E-state index in [4.69, 9.17) is 16.3 Å². The second kappa shape index (κ2) is 3.90. The van der Waals surface area contributed by atoms with Gasteiger partial charge in [0, 0.05) is 12.3 Å². The molecule has 3 heteroatoms. The molecule has 0 aliphatic heterocycles. The summed E-state index contributed by atoms with van der Waals surface area (Å²) >= 11 is 6.52. The second-order valence-electron chi connectivity index (χ2n) is 5.91. The summed E-state index contributed by atoms with van der Waals surface area (Å²) in [5.41, 5.74) is 0.494. The Morgan fingerprint density at radius 1 is 1.50 bits per heavy atom. The van der Waals surface area contributed by atoms with Crippen LogP contribution < -0.4 is 0 Å². The topological polar surface area (TPSA) is 26.3 Å². The molecule has 0 aromatic carbocycles. The zero-order chi connectivity index (χ0) is 12.0. The van der Waals surface area contributed by atoms with Gasteiger partial charge in [-0.25, -0.2) is 0 Å². The van der Waals surface area contributed by atoms with Crippen molar-refractivity contribution in [3.05, 3.63) is 0 Å². The zero-order valence-electron chi connectivity index (χ0n) is 10.4. The molecule has 92 valence electrons. The van der Waals surface area contributed by atoms with E-state index in [1.807, 2.05) is 0 Å². The van der Waals surface area contributed by atoms with E-state index in [9.17, 15) is 4.79 Å². The summed E-state index contributed by atoms with van der Waals surface area (Å²) in [5, 5.41) is 0.261. The Balaban J connectivity index is 2.07. The first-order chi connectivity index (χ1) is 7.40. The van der Waals surface area contributed by atoms with Crippen molar-refractivity contribution in [2.75, 3.05) is 6.61 Å². The predicted octanol–water partition coefficient (Wildman–Crippen LogP) is 3.37. The normalized spacial score (nSPS) is 40.0. The van der Waals surface area contributed by atoms with Gasteiger partial charge in [-0.3, -0.25) is 4.79 Å². The van der Waals surface area contributed by atoms with Gasteiger partial charge in [-0.05, 0) is 42.4 Å². The maximum atomic E-state index is 10.8. The average molecular weight is 245 g/mol. The summed E-state index contributed by atoms with van der Waals surface area (Å²) in [6.07, 6.45) is 4.54. The van der Waals surface area contributed by atoms with Crippen molar-refractivity contribution in [1.82, 2.24) is 0 Å². The van der Waals surface area contributed by atoms with Gasteiger partial charge in [0.05, 0.1) is 6.61 Å². The Morgan fingerprint density at radius 2 is 2.19 bits per heavy atom. The molecule has 2 fully saturated rings. The molecule has 2 aliphatic carbocycles. The van der Waals surface area contributed by atoms with Crippen molar-refractivity contribution in [1.29, 1.82) is 0 Å². The van der Waals surface area contributed by atoms with Crippen molar-refractivity contribution in [3.8, 4) is 0 Å². The molecule has 0 radical (unpaired) electrons. The van der Waals surface area contributed by atoms with Crippen LogP contribution in [0, 0.1) is 16.7 Å². The largest absolute Gasteiger partial charge is 0.466 e. The maximum Gasteiger partial charge on any atom is 0.302 e. The van der Waals surface area contributed by atoms with Crippen LogP contribution in [0.15, 0.2) is 0 Å². The number of ether oxygens (including phenoxy) is 1. The van der Waals surface area contributed by atoms with Crippen LogP contribution in [-0.2, 0) is 9.53 Å². The minimum atomic E-state index is -0.187. The van der Waals surface area contributed by atoms with Crippen molar-refractivity contribution in [3.63, 3.8) is 0 Å². The van der Waals surface area contributed by atoms with Gasteiger partial charge in [0.1, 0.15) is 0 Å². The van der Waals surface area contributed by atoms with E-state index in [1.54, 1.807) is 0 Å². The van der Waals surface area contributed by atoms with Crippen LogP contribution in [0.4, 0.5) is 0 Å². The summed E-state index contributed by atoms with van der Waals surface area (Å²) in [4.78, 5) is 10.8. The zero-order valence-corrected chi connectivity index (χ0v) is 11.1. The van der Waals surface area contributed by atoms with Crippen molar-refractivity contribution in [2.24, 2.45) is 16.7 Å². The van der Waals surface area contributed by atoms with Crippen LogP contribution in [-0.4, -0.2) is 18.0 Å². The average Bonchev–Trinajstić information content (AvgIpc) is 2.50. The predicted molar refractivity (Wildman–Crippen MR) is 64.4 cm³/mol. The van der Waals surface area contributed by atoms with Gasteiger partial charge < -0.3 is 4.74 Å². The molecule has 0 N–H and O–H groups in total. The minimum absolute atomic E-state index is 0.187. The molecule has 0 aromatic heterocycles. The van der Waals surface area contributed by atoms with Crippen LogP contribution in [0.25, 0.3) is 0 Å². The summed E-state index contributed by atoms with van der Waals surface area (Å²) in [5.74, 6) is 0.570. The summed E-state index contributed by atoms with van der Waals surface area (Å²) in [6.45, 7) is 6.66. The Morgan fingerprint density at radius 3 is 2.62 bits per heavy atom. The molecule has 2 aliphatic rings. The molecular weight excluding hydrogens is 224 g/mol. The Hall–Kier alpha value is -0.240. The van der Waals surface area contributed by atoms with Crippen LogP contribution in [0.2, 0.25) is 0 Å². The lowest BCUT2D eigenvalue weighted by Gasteiger charge is -2.40. The van der Waals surface area contributed by atoms with Gasteiger partial charge >= 0.3 is 5.97 Å². The number of esters is 1. The van der Waals surface area contributed by atoms with E-state index in [2.05, 4.69) is 13.8 Å². The van der Waals surface area contributed by atoms with Gasteiger partial charge in [-0.2, -0.15) is 0 Å². The molecule has 0 saturated heterocycles. The smallest absolute Gasteiger partial charge is 0.302 e. The summed E-state index contributed by atoms with van der Waals surface area (Å²) in [6, 6.07) is 0. The third-order valence-electron chi connectivity index (χ3n) is 5.19. The van der Waals surface area contributed by atoms with E-state index in [-0.39, 0.29) is 16.8 Å². The molecule has 2 nitrogen and oxygen atoms in total. The fourth-order valence-corrected chi connectivity index (χ4v) is 4.66. The molecule has 2 saturated carbocycles. The number of fused-ring (bicyclic) bond motifs is 2. The second-order valence-corrected chi connectivity index (χ2v) is 6.43. The molecule has 3 atom stereocenters. The van der Waals surface area contributed by atoms with E-state index in [0.29, 0.717) is 12.0 Å². The lowest BCUT2D eigenvalue weighted by molar-refractivity contribution is -0.142. The van der Waals surface area contributed by atoms with E-state index in [1.165, 1.54) is 19.8 Å².